The molecule has 2 heterocycles. The molecular formula is C17H18ClN5O3. The number of urea groups is 1. The maximum Gasteiger partial charge on any atom is 0.325 e. The van der Waals surface area contributed by atoms with Crippen molar-refractivity contribution in [2.24, 2.45) is 0 Å². The lowest BCUT2D eigenvalue weighted by atomic mass is 10.2. The summed E-state index contributed by atoms with van der Waals surface area (Å²) in [5, 5.41) is 11.5. The fourth-order valence-corrected chi connectivity index (χ4v) is 3.01. The number of hydrogen-bond donors (Lipinski definition) is 1. The number of halogens is 1. The van der Waals surface area contributed by atoms with Crippen LogP contribution in [0.4, 0.5) is 4.79 Å². The number of nitrogens with zero attached hydrogens (tertiary/aromatic N) is 4. The van der Waals surface area contributed by atoms with Crippen LogP contribution in [0.1, 0.15) is 25.2 Å². The number of aromatic nitrogens is 2. The minimum atomic E-state index is -0.348. The van der Waals surface area contributed by atoms with Crippen molar-refractivity contribution in [1.82, 2.24) is 25.3 Å². The van der Waals surface area contributed by atoms with Crippen molar-refractivity contribution in [2.45, 2.75) is 31.8 Å². The predicted molar refractivity (Wildman–Crippen MR) is 93.0 cm³/mol. The van der Waals surface area contributed by atoms with Gasteiger partial charge in [-0.1, -0.05) is 11.6 Å². The first-order valence-electron chi connectivity index (χ1n) is 8.51. The maximum atomic E-state index is 12.0. The number of nitrogens with one attached hydrogen (secondary N) is 1. The van der Waals surface area contributed by atoms with Gasteiger partial charge in [0, 0.05) is 29.6 Å². The Morgan fingerprint density at radius 2 is 2.00 bits per heavy atom. The lowest BCUT2D eigenvalue weighted by Gasteiger charge is -2.31. The van der Waals surface area contributed by atoms with Crippen LogP contribution in [-0.2, 0) is 11.3 Å². The summed E-state index contributed by atoms with van der Waals surface area (Å²) < 4.78 is 5.75. The number of carbonyl (C=O) groups excluding carboxylic acids is 2. The van der Waals surface area contributed by atoms with Crippen molar-refractivity contribution in [3.8, 4) is 11.5 Å². The van der Waals surface area contributed by atoms with Crippen LogP contribution in [0.5, 0.6) is 0 Å². The van der Waals surface area contributed by atoms with Crippen LogP contribution in [-0.4, -0.2) is 51.2 Å². The fraction of sp³-hybridized carbons (Fsp3) is 0.412. The van der Waals surface area contributed by atoms with E-state index in [1.807, 2.05) is 17.0 Å². The zero-order valence-corrected chi connectivity index (χ0v) is 14.8. The Morgan fingerprint density at radius 1 is 1.23 bits per heavy atom. The Hall–Kier alpha value is -2.45. The molecule has 2 fully saturated rings. The molecule has 2 aliphatic rings. The molecule has 1 saturated carbocycles. The first-order chi connectivity index (χ1) is 12.6. The standard InChI is InChI=1S/C17H18ClN5O3/c18-12-3-1-11(2-4-12)16-21-20-14(26-16)9-22(13-5-6-13)10-23-15(24)7-8-19-17(23)25/h1-4,13H,5-10H2,(H,19,25). The Balaban J connectivity index is 1.46. The molecule has 9 heteroatoms. The minimum Gasteiger partial charge on any atom is -0.419 e. The summed E-state index contributed by atoms with van der Waals surface area (Å²) in [6.45, 7) is 1.02. The highest BCUT2D eigenvalue weighted by Crippen LogP contribution is 2.29. The van der Waals surface area contributed by atoms with Crippen molar-refractivity contribution in [1.29, 1.82) is 0 Å². The summed E-state index contributed by atoms with van der Waals surface area (Å²) in [5.74, 6) is 0.706. The first-order valence-corrected chi connectivity index (χ1v) is 8.88. The van der Waals surface area contributed by atoms with E-state index in [-0.39, 0.29) is 18.6 Å². The number of hydrogen-bond acceptors (Lipinski definition) is 6. The van der Waals surface area contributed by atoms with Crippen LogP contribution >= 0.6 is 11.6 Å². The SMILES string of the molecule is O=C1CCNC(=O)N1CN(Cc1nnc(-c2ccc(Cl)cc2)o1)C1CC1. The molecule has 0 spiro atoms. The Morgan fingerprint density at radius 3 is 2.69 bits per heavy atom. The number of amides is 3. The van der Waals surface area contributed by atoms with Crippen molar-refractivity contribution < 1.29 is 14.0 Å². The quantitative estimate of drug-likeness (QED) is 0.832. The maximum absolute atomic E-state index is 12.0. The molecule has 0 radical (unpaired) electrons. The molecule has 1 aromatic heterocycles. The molecule has 3 amide bonds. The van der Waals surface area contributed by atoms with E-state index in [0.29, 0.717) is 42.4 Å². The van der Waals surface area contributed by atoms with Gasteiger partial charge in [0.2, 0.25) is 17.7 Å². The Labute approximate surface area is 155 Å². The molecule has 0 atom stereocenters. The van der Waals surface area contributed by atoms with Crippen LogP contribution in [0.2, 0.25) is 5.02 Å². The van der Waals surface area contributed by atoms with Gasteiger partial charge in [0.05, 0.1) is 13.2 Å². The van der Waals surface area contributed by atoms with Crippen molar-refractivity contribution in [3.63, 3.8) is 0 Å². The molecule has 2 aromatic rings. The van der Waals surface area contributed by atoms with Crippen molar-refractivity contribution >= 4 is 23.5 Å². The Kier molecular flexibility index (Phi) is 4.60. The van der Waals surface area contributed by atoms with E-state index in [1.54, 1.807) is 12.1 Å². The summed E-state index contributed by atoms with van der Waals surface area (Å²) in [6, 6.07) is 7.13. The van der Waals surface area contributed by atoms with Crippen LogP contribution in [0.15, 0.2) is 28.7 Å². The van der Waals surface area contributed by atoms with Crippen LogP contribution in [0, 0.1) is 0 Å². The summed E-state index contributed by atoms with van der Waals surface area (Å²) in [4.78, 5) is 27.3. The smallest absolute Gasteiger partial charge is 0.325 e. The van der Waals surface area contributed by atoms with Crippen LogP contribution < -0.4 is 5.32 Å². The zero-order chi connectivity index (χ0) is 18.1. The van der Waals surface area contributed by atoms with Gasteiger partial charge in [-0.2, -0.15) is 0 Å². The molecule has 26 heavy (non-hydrogen) atoms. The van der Waals surface area contributed by atoms with Gasteiger partial charge in [-0.15, -0.1) is 10.2 Å². The molecule has 0 bridgehead atoms. The Bertz CT molecular complexity index is 802. The number of imide groups is 1. The molecule has 8 nitrogen and oxygen atoms in total. The summed E-state index contributed by atoms with van der Waals surface area (Å²) in [7, 11) is 0. The van der Waals surface area contributed by atoms with E-state index in [9.17, 15) is 9.59 Å². The number of carbonyl (C=O) groups is 2. The van der Waals surface area contributed by atoms with Gasteiger partial charge in [0.1, 0.15) is 0 Å². The van der Waals surface area contributed by atoms with Gasteiger partial charge in [-0.3, -0.25) is 14.6 Å². The first kappa shape index (κ1) is 17.0. The monoisotopic (exact) mass is 375 g/mol. The van der Waals surface area contributed by atoms with Gasteiger partial charge >= 0.3 is 6.03 Å². The zero-order valence-electron chi connectivity index (χ0n) is 14.0. The highest BCUT2D eigenvalue weighted by molar-refractivity contribution is 6.30. The third-order valence-corrected chi connectivity index (χ3v) is 4.70. The minimum absolute atomic E-state index is 0.160. The van der Waals surface area contributed by atoms with E-state index in [4.69, 9.17) is 16.0 Å². The van der Waals surface area contributed by atoms with Gasteiger partial charge < -0.3 is 9.73 Å². The van der Waals surface area contributed by atoms with E-state index >= 15 is 0 Å². The fourth-order valence-electron chi connectivity index (χ4n) is 2.88. The predicted octanol–water partition coefficient (Wildman–Crippen LogP) is 2.25. The van der Waals surface area contributed by atoms with Gasteiger partial charge in [-0.25, -0.2) is 4.79 Å². The molecule has 1 N–H and O–H groups in total. The second kappa shape index (κ2) is 7.05. The van der Waals surface area contributed by atoms with Gasteiger partial charge in [0.15, 0.2) is 0 Å². The second-order valence-corrected chi connectivity index (χ2v) is 6.87. The summed E-state index contributed by atoms with van der Waals surface area (Å²) in [6.07, 6.45) is 2.38. The normalized spacial score (nSPS) is 17.7. The largest absolute Gasteiger partial charge is 0.419 e. The number of benzene rings is 1. The molecule has 1 saturated heterocycles. The molecule has 1 aromatic carbocycles. The molecule has 1 aliphatic carbocycles. The van der Waals surface area contributed by atoms with E-state index in [2.05, 4.69) is 15.5 Å². The molecule has 1 aliphatic heterocycles. The molecule has 136 valence electrons. The third kappa shape index (κ3) is 3.71. The van der Waals surface area contributed by atoms with Crippen LogP contribution in [0.3, 0.4) is 0 Å². The molecule has 4 rings (SSSR count). The van der Waals surface area contributed by atoms with E-state index in [1.165, 1.54) is 4.90 Å². The van der Waals surface area contributed by atoms with E-state index < -0.39 is 0 Å². The second-order valence-electron chi connectivity index (χ2n) is 6.43. The van der Waals surface area contributed by atoms with Crippen molar-refractivity contribution in [3.05, 3.63) is 35.2 Å². The topological polar surface area (TPSA) is 91.6 Å². The lowest BCUT2D eigenvalue weighted by Crippen LogP contribution is -2.54. The molecule has 0 unspecified atom stereocenters. The average Bonchev–Trinajstić information content (AvgIpc) is 3.37. The van der Waals surface area contributed by atoms with E-state index in [0.717, 1.165) is 18.4 Å². The summed E-state index contributed by atoms with van der Waals surface area (Å²) >= 11 is 5.89. The van der Waals surface area contributed by atoms with Gasteiger partial charge in [-0.05, 0) is 37.1 Å². The van der Waals surface area contributed by atoms with Crippen LogP contribution in [0.25, 0.3) is 11.5 Å². The average molecular weight is 376 g/mol. The summed E-state index contributed by atoms with van der Waals surface area (Å²) in [5.41, 5.74) is 0.789. The number of rotatable bonds is 6. The molecular weight excluding hydrogens is 358 g/mol. The highest BCUT2D eigenvalue weighted by atomic mass is 35.5. The highest BCUT2D eigenvalue weighted by Gasteiger charge is 2.35. The van der Waals surface area contributed by atoms with Gasteiger partial charge in [0.25, 0.3) is 0 Å². The lowest BCUT2D eigenvalue weighted by molar-refractivity contribution is -0.131. The van der Waals surface area contributed by atoms with Crippen molar-refractivity contribution in [2.75, 3.05) is 13.2 Å². The third-order valence-electron chi connectivity index (χ3n) is 4.44.